The molecule has 3 saturated carbocycles. The first-order valence-electron chi connectivity index (χ1n) is 9.01. The first-order chi connectivity index (χ1) is 10.5. The summed E-state index contributed by atoms with van der Waals surface area (Å²) in [5.41, 5.74) is 0.531. The van der Waals surface area contributed by atoms with E-state index in [1.807, 2.05) is 0 Å². The third-order valence-electron chi connectivity index (χ3n) is 7.42. The quantitative estimate of drug-likeness (QED) is 0.534. The van der Waals surface area contributed by atoms with Crippen LogP contribution in [-0.4, -0.2) is 0 Å². The van der Waals surface area contributed by atoms with Crippen molar-refractivity contribution < 1.29 is 69.8 Å². The molecule has 1 heterocycles. The van der Waals surface area contributed by atoms with E-state index in [1.54, 1.807) is 6.92 Å². The van der Waals surface area contributed by atoms with Crippen molar-refractivity contribution in [2.24, 2.45) is 35.5 Å². The first-order valence-corrected chi connectivity index (χ1v) is 9.01. The molecule has 3 aliphatic rings. The molecular weight excluding hydrogens is 478 g/mol. The Morgan fingerprint density at radius 3 is 2.23 bits per heavy atom. The van der Waals surface area contributed by atoms with Crippen molar-refractivity contribution >= 4 is 0 Å². The first kappa shape index (κ1) is 27.1. The van der Waals surface area contributed by atoms with Gasteiger partial charge in [0.25, 0.3) is 0 Å². The summed E-state index contributed by atoms with van der Waals surface area (Å²) in [4.78, 5) is 23.9. The van der Waals surface area contributed by atoms with Gasteiger partial charge in [0.2, 0.25) is 0 Å². The molecule has 1 aromatic heterocycles. The molecule has 26 heavy (non-hydrogen) atoms. The van der Waals surface area contributed by atoms with E-state index >= 15 is 0 Å². The van der Waals surface area contributed by atoms with E-state index in [1.165, 1.54) is 32.1 Å². The van der Waals surface area contributed by atoms with Crippen molar-refractivity contribution in [1.29, 1.82) is 0 Å². The number of hydrogen-bond donors (Lipinski definition) is 0. The third-order valence-corrected chi connectivity index (χ3v) is 7.42. The molecule has 1 aromatic rings. The summed E-state index contributed by atoms with van der Waals surface area (Å²) in [5.74, 6) is 4.64. The zero-order valence-corrected chi connectivity index (χ0v) is 20.6. The largest absolute Gasteiger partial charge is 0.601 e. The predicted octanol–water partition coefficient (Wildman–Crippen LogP) is 4.83. The van der Waals surface area contributed by atoms with Crippen molar-refractivity contribution in [3.05, 3.63) is 32.0 Å². The minimum atomic E-state index is -0.415. The third kappa shape index (κ3) is 3.90. The summed E-state index contributed by atoms with van der Waals surface area (Å²) in [7, 11) is 0. The van der Waals surface area contributed by atoms with Gasteiger partial charge in [-0.1, -0.05) is 53.9 Å². The molecule has 0 amide bonds. The van der Waals surface area contributed by atoms with Gasteiger partial charge in [0.15, 0.2) is 0 Å². The fraction of sp³-hybridized carbons (Fsp3) is 0.810. The van der Waals surface area contributed by atoms with Gasteiger partial charge in [0.1, 0.15) is 0 Å². The van der Waals surface area contributed by atoms with Gasteiger partial charge in [0, 0.05) is 65.4 Å². The Bertz CT molecular complexity index is 684. The van der Waals surface area contributed by atoms with Crippen molar-refractivity contribution in [2.75, 3.05) is 0 Å². The Morgan fingerprint density at radius 1 is 1.04 bits per heavy atom. The Labute approximate surface area is 209 Å². The van der Waals surface area contributed by atoms with Gasteiger partial charge in [0.05, 0.1) is 11.3 Å². The van der Waals surface area contributed by atoms with Crippen LogP contribution in [0.2, 0.25) is 0 Å². The Kier molecular flexibility index (Phi) is 10.6. The minimum absolute atomic E-state index is 0. The van der Waals surface area contributed by atoms with Crippen molar-refractivity contribution in [3.8, 4) is 0 Å². The average Bonchev–Trinajstić information content (AvgIpc) is 3.11. The van der Waals surface area contributed by atoms with E-state index in [2.05, 4.69) is 13.8 Å². The molecule has 2 bridgehead atoms. The summed E-state index contributed by atoms with van der Waals surface area (Å²) in [6, 6.07) is 0. The normalized spacial score (nSPS) is 36.8. The van der Waals surface area contributed by atoms with Gasteiger partial charge in [-0.2, -0.15) is 0 Å². The number of fused-ring (bicyclic) bond motifs is 5. The summed E-state index contributed by atoms with van der Waals surface area (Å²) in [5, 5.41) is 0. The zero-order valence-electron chi connectivity index (χ0n) is 15.0. The molecule has 7 atom stereocenters. The molecule has 0 saturated heterocycles. The number of furan rings is 1. The molecule has 0 aliphatic heterocycles. The smallest absolute Gasteiger partial charge is 0.0769 e. The standard InChI is InChI=1S/C19H26O3.2CH4.2Y/c1-4-11-6-5-7-12-14-8-13(17(11)12)9(2)15(14)16-10(3)18(20)22-19(16)21;;;;/h9,11-15,17H,4-8H2,1-3H3;2*1H4;;/q-2;;;;. The average molecular weight is 512 g/mol. The van der Waals surface area contributed by atoms with E-state index in [0.717, 1.165) is 29.2 Å². The van der Waals surface area contributed by atoms with Crippen LogP contribution in [-0.2, 0) is 65.4 Å². The second-order valence-electron chi connectivity index (χ2n) is 8.00. The molecule has 144 valence electrons. The van der Waals surface area contributed by atoms with Crippen LogP contribution in [0.25, 0.3) is 0 Å². The van der Waals surface area contributed by atoms with Gasteiger partial charge >= 0.3 is 0 Å². The van der Waals surface area contributed by atoms with Crippen molar-refractivity contribution in [2.45, 2.75) is 73.6 Å². The van der Waals surface area contributed by atoms with E-state index < -0.39 is 5.63 Å². The Hall–Kier alpha value is 1.09. The van der Waals surface area contributed by atoms with Gasteiger partial charge in [-0.05, 0) is 42.4 Å². The minimum Gasteiger partial charge on any atom is -0.601 e. The topological polar surface area (TPSA) is 47.3 Å². The molecule has 7 unspecified atom stereocenters. The van der Waals surface area contributed by atoms with Crippen LogP contribution in [0.1, 0.15) is 77.8 Å². The molecule has 3 nitrogen and oxygen atoms in total. The second kappa shape index (κ2) is 10.2. The van der Waals surface area contributed by atoms with Gasteiger partial charge in [-0.15, -0.1) is 12.8 Å². The van der Waals surface area contributed by atoms with Crippen LogP contribution in [0.5, 0.6) is 0 Å². The molecular formula is C21H34O3Y2-2. The van der Waals surface area contributed by atoms with Gasteiger partial charge in [-0.25, -0.2) is 0 Å². The van der Waals surface area contributed by atoms with Gasteiger partial charge < -0.3 is 14.0 Å². The van der Waals surface area contributed by atoms with Crippen molar-refractivity contribution in [3.63, 3.8) is 0 Å². The summed E-state index contributed by atoms with van der Waals surface area (Å²) in [6.45, 7) is 6.42. The van der Waals surface area contributed by atoms with E-state index in [4.69, 9.17) is 4.42 Å². The number of hydrogen-bond acceptors (Lipinski definition) is 3. The second-order valence-corrected chi connectivity index (χ2v) is 8.00. The molecule has 4 rings (SSSR count). The Balaban J connectivity index is 0.00000156. The van der Waals surface area contributed by atoms with Crippen molar-refractivity contribution in [1.82, 2.24) is 0 Å². The molecule has 0 aromatic carbocycles. The van der Waals surface area contributed by atoms with Crippen LogP contribution < -0.4 is 11.3 Å². The molecule has 3 fully saturated rings. The molecule has 5 heteroatoms. The summed E-state index contributed by atoms with van der Waals surface area (Å²) in [6.07, 6.45) is 6.60. The van der Waals surface area contributed by atoms with E-state index in [-0.39, 0.29) is 91.8 Å². The van der Waals surface area contributed by atoms with Crippen LogP contribution >= 0.6 is 0 Å². The maximum atomic E-state index is 12.2. The fourth-order valence-corrected chi connectivity index (χ4v) is 6.62. The predicted molar refractivity (Wildman–Crippen MR) is 98.7 cm³/mol. The summed E-state index contributed by atoms with van der Waals surface area (Å²) < 4.78 is 4.88. The maximum Gasteiger partial charge on any atom is 0.0769 e. The molecule has 0 N–H and O–H groups in total. The number of rotatable bonds is 2. The zero-order chi connectivity index (χ0) is 15.6. The van der Waals surface area contributed by atoms with Crippen LogP contribution in [0, 0.1) is 42.4 Å². The fourth-order valence-electron chi connectivity index (χ4n) is 6.62. The SMILES string of the molecule is C.C.CCC1CCCC2C3CC(C(C)C3[c-]3c(=O)oc(=O)[c-]3C)C12.[Y].[Y]. The maximum absolute atomic E-state index is 12.2. The molecule has 2 radical (unpaired) electrons. The van der Waals surface area contributed by atoms with Crippen LogP contribution in [0.3, 0.4) is 0 Å². The van der Waals surface area contributed by atoms with Gasteiger partial charge in [-0.3, -0.25) is 11.1 Å². The van der Waals surface area contributed by atoms with Crippen LogP contribution in [0.4, 0.5) is 0 Å². The molecule has 0 spiro atoms. The van der Waals surface area contributed by atoms with Crippen LogP contribution in [0.15, 0.2) is 14.0 Å². The monoisotopic (exact) mass is 512 g/mol. The summed E-state index contributed by atoms with van der Waals surface area (Å²) >= 11 is 0. The molecule has 3 aliphatic carbocycles. The van der Waals surface area contributed by atoms with E-state index in [9.17, 15) is 9.59 Å². The Morgan fingerprint density at radius 2 is 1.69 bits per heavy atom. The van der Waals surface area contributed by atoms with E-state index in [0.29, 0.717) is 17.4 Å².